The molecule has 18 nitrogen and oxygen atoms in total. The summed E-state index contributed by atoms with van der Waals surface area (Å²) in [6.45, 7) is 3.11. The van der Waals surface area contributed by atoms with E-state index >= 15 is 0 Å². The van der Waals surface area contributed by atoms with Gasteiger partial charge in [0.15, 0.2) is 11.4 Å². The maximum atomic E-state index is 11.5. The van der Waals surface area contributed by atoms with Crippen molar-refractivity contribution in [3.8, 4) is 11.5 Å². The van der Waals surface area contributed by atoms with Crippen LogP contribution in [0.25, 0.3) is 21.5 Å². The van der Waals surface area contributed by atoms with E-state index in [2.05, 4.69) is 20.5 Å². The Morgan fingerprint density at radius 2 is 0.855 bits per heavy atom. The fourth-order valence-electron chi connectivity index (χ4n) is 5.38. The zero-order valence-electron chi connectivity index (χ0n) is 28.4. The minimum Gasteiger partial charge on any atom is -0.744 e. The Hall–Kier alpha value is -5.48. The Kier molecular flexibility index (Phi) is 13.0. The quantitative estimate of drug-likeness (QED) is 0.0489. The fourth-order valence-corrected chi connectivity index (χ4v) is 6.79. The number of hydrogen-bond donors (Lipinski definition) is 2. The number of nitro benzene ring substituents is 2. The molecule has 6 aromatic rings. The maximum Gasteiger partial charge on any atom is 2.00 e. The average Bonchev–Trinajstić information content (AvgIpc) is 3.09. The van der Waals surface area contributed by atoms with Crippen LogP contribution in [0.3, 0.4) is 0 Å². The number of rotatable bonds is 8. The van der Waals surface area contributed by atoms with E-state index in [1.807, 2.05) is 0 Å². The largest absolute Gasteiger partial charge is 2.00 e. The number of aromatic hydroxyl groups is 2. The summed E-state index contributed by atoms with van der Waals surface area (Å²) in [6, 6.07) is 22.5. The van der Waals surface area contributed by atoms with Crippen LogP contribution < -0.4 is 0 Å². The monoisotopic (exact) mass is 812 g/mol. The van der Waals surface area contributed by atoms with Crippen molar-refractivity contribution in [3.63, 3.8) is 0 Å². The van der Waals surface area contributed by atoms with E-state index in [1.165, 1.54) is 48.5 Å². The third-order valence-electron chi connectivity index (χ3n) is 7.77. The molecule has 0 amide bonds. The smallest absolute Gasteiger partial charge is 0.744 e. The Bertz CT molecular complexity index is 2610. The van der Waals surface area contributed by atoms with Crippen LogP contribution in [0, 0.1) is 34.1 Å². The van der Waals surface area contributed by atoms with Gasteiger partial charge in [-0.25, -0.2) is 16.8 Å². The summed E-state index contributed by atoms with van der Waals surface area (Å²) in [7, 11) is -9.66. The van der Waals surface area contributed by atoms with E-state index in [0.717, 1.165) is 12.1 Å². The van der Waals surface area contributed by atoms with Gasteiger partial charge in [0.1, 0.15) is 43.1 Å². The van der Waals surface area contributed by atoms with Crippen LogP contribution in [-0.2, 0) is 20.2 Å². The van der Waals surface area contributed by atoms with Crippen molar-refractivity contribution in [1.82, 2.24) is 0 Å². The van der Waals surface area contributed by atoms with Gasteiger partial charge in [0.2, 0.25) is 0 Å². The van der Waals surface area contributed by atoms with Gasteiger partial charge < -0.3 is 19.3 Å². The van der Waals surface area contributed by atoms with Gasteiger partial charge in [-0.1, -0.05) is 72.8 Å². The van der Waals surface area contributed by atoms with E-state index in [9.17, 15) is 56.4 Å². The number of phenols is 2. The number of benzene rings is 6. The van der Waals surface area contributed by atoms with Crippen molar-refractivity contribution in [2.45, 2.75) is 23.6 Å². The Balaban J connectivity index is 0.000000240. The molecule has 0 radical (unpaired) electrons. The minimum atomic E-state index is -4.83. The summed E-state index contributed by atoms with van der Waals surface area (Å²) in [6.07, 6.45) is 0. The first-order chi connectivity index (χ1) is 25.4. The zero-order chi connectivity index (χ0) is 39.5. The second kappa shape index (κ2) is 16.9. The molecule has 0 aliphatic rings. The molecule has 0 aromatic heterocycles. The van der Waals surface area contributed by atoms with Crippen LogP contribution in [0.2, 0.25) is 0 Å². The third-order valence-corrected chi connectivity index (χ3v) is 9.52. The van der Waals surface area contributed by atoms with Crippen molar-refractivity contribution in [1.29, 1.82) is 0 Å². The second-order valence-corrected chi connectivity index (χ2v) is 14.0. The predicted octanol–water partition coefficient (Wildman–Crippen LogP) is 7.78. The topological polar surface area (TPSA) is 291 Å². The van der Waals surface area contributed by atoms with E-state index in [-0.39, 0.29) is 93.4 Å². The molecular formula is C34H24CaN6O12S2. The van der Waals surface area contributed by atoms with Crippen molar-refractivity contribution < 1.29 is 46.0 Å². The normalized spacial score (nSPS) is 11.7. The van der Waals surface area contributed by atoms with E-state index < -0.39 is 51.4 Å². The molecule has 2 N–H and O–H groups in total. The summed E-state index contributed by atoms with van der Waals surface area (Å²) in [5.41, 5.74) is 0.0554. The first kappa shape index (κ1) is 42.3. The number of phenolic OH excluding ortho intramolecular Hbond substituents is 2. The molecule has 0 atom stereocenters. The minimum absolute atomic E-state index is 0. The summed E-state index contributed by atoms with van der Waals surface area (Å²) in [5, 5.41) is 58.8. The number of azo groups is 2. The standard InChI is InChI=1S/2C17H13N3O6S.Ca/c2*1-10-5-4-8-13(17(10)20(22)23)18-19-16-12-7-3-2-6-11(12)15(9-14(16)21)27(24,25)26;/h2*2-9,21H,1H3,(H,24,25,26);/q;;+2/p-2. The summed E-state index contributed by atoms with van der Waals surface area (Å²) < 4.78 is 68.7. The maximum absolute atomic E-state index is 11.5. The molecule has 21 heteroatoms. The molecule has 6 aromatic carbocycles. The van der Waals surface area contributed by atoms with E-state index in [1.54, 1.807) is 50.2 Å². The number of para-hydroxylation sites is 2. The molecule has 0 aliphatic heterocycles. The number of fused-ring (bicyclic) bond motifs is 2. The van der Waals surface area contributed by atoms with Crippen molar-refractivity contribution in [2.24, 2.45) is 20.5 Å². The molecule has 0 bridgehead atoms. The van der Waals surface area contributed by atoms with Crippen LogP contribution in [-0.4, -0.2) is 83.7 Å². The zero-order valence-corrected chi connectivity index (χ0v) is 32.3. The van der Waals surface area contributed by atoms with Gasteiger partial charge in [0.05, 0.1) is 19.6 Å². The van der Waals surface area contributed by atoms with Gasteiger partial charge >= 0.3 is 37.7 Å². The Labute approximate surface area is 341 Å². The molecule has 0 fully saturated rings. The molecule has 0 heterocycles. The molecule has 55 heavy (non-hydrogen) atoms. The first-order valence-electron chi connectivity index (χ1n) is 15.1. The number of hydrogen-bond acceptors (Lipinski definition) is 16. The average molecular weight is 813 g/mol. The van der Waals surface area contributed by atoms with Gasteiger partial charge in [-0.15, -0.1) is 20.5 Å². The molecule has 6 rings (SSSR count). The Morgan fingerprint density at radius 3 is 1.16 bits per heavy atom. The van der Waals surface area contributed by atoms with Crippen LogP contribution in [0.15, 0.2) is 127 Å². The summed E-state index contributed by atoms with van der Waals surface area (Å²) in [4.78, 5) is 20.1. The SMILES string of the molecule is Cc1cccc(N=Nc2c(O)cc(S(=O)(=O)[O-])c3ccccc23)c1[N+](=O)[O-].Cc1cccc(N=Nc2c(O)cc(S(=O)(=O)[O-])c3ccccc23)c1[N+](=O)[O-].[Ca+2]. The van der Waals surface area contributed by atoms with E-state index in [4.69, 9.17) is 0 Å². The van der Waals surface area contributed by atoms with Gasteiger partial charge in [0.25, 0.3) is 11.4 Å². The second-order valence-electron chi connectivity index (χ2n) is 11.3. The van der Waals surface area contributed by atoms with Gasteiger partial charge in [-0.2, -0.15) is 0 Å². The molecule has 0 saturated heterocycles. The summed E-state index contributed by atoms with van der Waals surface area (Å²) in [5.74, 6) is -1.16. The molecule has 0 aliphatic carbocycles. The van der Waals surface area contributed by atoms with Gasteiger partial charge in [0, 0.05) is 44.8 Å². The van der Waals surface area contributed by atoms with Crippen molar-refractivity contribution in [2.75, 3.05) is 0 Å². The third kappa shape index (κ3) is 9.25. The number of aryl methyl sites for hydroxylation is 2. The van der Waals surface area contributed by atoms with Crippen LogP contribution in [0.5, 0.6) is 11.5 Å². The number of nitrogens with zero attached hydrogens (tertiary/aromatic N) is 6. The first-order valence-corrected chi connectivity index (χ1v) is 17.9. The fraction of sp³-hybridized carbons (Fsp3) is 0.0588. The predicted molar refractivity (Wildman–Crippen MR) is 197 cm³/mol. The van der Waals surface area contributed by atoms with Crippen LogP contribution in [0.1, 0.15) is 11.1 Å². The van der Waals surface area contributed by atoms with E-state index in [0.29, 0.717) is 11.1 Å². The molecule has 0 spiro atoms. The molecule has 0 saturated carbocycles. The van der Waals surface area contributed by atoms with Crippen LogP contribution in [0.4, 0.5) is 34.1 Å². The summed E-state index contributed by atoms with van der Waals surface area (Å²) >= 11 is 0. The number of nitro groups is 2. The molecule has 276 valence electrons. The Morgan fingerprint density at radius 1 is 0.527 bits per heavy atom. The van der Waals surface area contributed by atoms with Gasteiger partial charge in [-0.3, -0.25) is 20.2 Å². The van der Waals surface area contributed by atoms with Crippen LogP contribution >= 0.6 is 0 Å². The van der Waals surface area contributed by atoms with Crippen molar-refractivity contribution >= 4 is 114 Å². The van der Waals surface area contributed by atoms with Crippen molar-refractivity contribution in [3.05, 3.63) is 128 Å². The molecule has 0 unspecified atom stereocenters. The van der Waals surface area contributed by atoms with Gasteiger partial charge in [-0.05, 0) is 26.0 Å². The molecular weight excluding hydrogens is 789 g/mol.